The Balaban J connectivity index is 2.53. The molecule has 1 amide bonds. The van der Waals surface area contributed by atoms with Crippen LogP contribution in [0.5, 0.6) is 5.75 Å². The van der Waals surface area contributed by atoms with E-state index in [9.17, 15) is 22.8 Å². The second-order valence-corrected chi connectivity index (χ2v) is 5.87. The minimum absolute atomic E-state index is 0.0227. The largest absolute Gasteiger partial charge is 0.493 e. The Morgan fingerprint density at radius 2 is 1.86 bits per heavy atom. The molecule has 9 nitrogen and oxygen atoms in total. The highest BCUT2D eigenvalue weighted by Crippen LogP contribution is 2.22. The maximum absolute atomic E-state index is 12.1. The molecule has 0 bridgehead atoms. The van der Waals surface area contributed by atoms with Crippen molar-refractivity contribution in [1.82, 2.24) is 10.1 Å². The van der Waals surface area contributed by atoms with Gasteiger partial charge in [0, 0.05) is 31.1 Å². The van der Waals surface area contributed by atoms with Crippen LogP contribution in [0.2, 0.25) is 5.02 Å². The number of benzene rings is 1. The highest BCUT2D eigenvalue weighted by molar-refractivity contribution is 6.31. The minimum atomic E-state index is -5.27. The van der Waals surface area contributed by atoms with Crippen LogP contribution in [0.15, 0.2) is 18.2 Å². The predicted octanol–water partition coefficient (Wildman–Crippen LogP) is 1.96. The van der Waals surface area contributed by atoms with E-state index in [1.807, 2.05) is 0 Å². The van der Waals surface area contributed by atoms with Crippen molar-refractivity contribution >= 4 is 29.4 Å². The zero-order valence-corrected chi connectivity index (χ0v) is 15.6. The van der Waals surface area contributed by atoms with Crippen molar-refractivity contribution < 1.29 is 37.2 Å². The molecule has 0 heterocycles. The maximum atomic E-state index is 12.1. The summed E-state index contributed by atoms with van der Waals surface area (Å²) in [5, 5.41) is 7.17. The Labute approximate surface area is 163 Å². The molecule has 3 N–H and O–H groups in total. The number of hydrogen-bond acceptors (Lipinski definition) is 6. The highest BCUT2D eigenvalue weighted by atomic mass is 35.5. The van der Waals surface area contributed by atoms with E-state index in [0.717, 1.165) is 0 Å². The monoisotopic (exact) mass is 426 g/mol. The number of nitrogens with one attached hydrogen (secondary N) is 1. The summed E-state index contributed by atoms with van der Waals surface area (Å²) in [6.07, 6.45) is -5.15. The third-order valence-electron chi connectivity index (χ3n) is 2.88. The SMILES string of the molecule is CN(C)C(=O)c1cc(Cl)cc(OCCCON(OC(=O)C(F)(F)F)C(=N)N)c1. The van der Waals surface area contributed by atoms with Crippen LogP contribution < -0.4 is 10.5 Å². The summed E-state index contributed by atoms with van der Waals surface area (Å²) in [4.78, 5) is 32.6. The Bertz CT molecular complexity index is 730. The lowest BCUT2D eigenvalue weighted by Gasteiger charge is -2.20. The van der Waals surface area contributed by atoms with E-state index in [0.29, 0.717) is 11.3 Å². The number of guanidine groups is 1. The van der Waals surface area contributed by atoms with E-state index in [-0.39, 0.29) is 35.8 Å². The van der Waals surface area contributed by atoms with E-state index >= 15 is 0 Å². The van der Waals surface area contributed by atoms with E-state index in [4.69, 9.17) is 32.3 Å². The van der Waals surface area contributed by atoms with Crippen molar-refractivity contribution in [3.63, 3.8) is 0 Å². The van der Waals surface area contributed by atoms with Crippen LogP contribution in [0.3, 0.4) is 0 Å². The predicted molar refractivity (Wildman–Crippen MR) is 91.4 cm³/mol. The molecule has 0 aliphatic rings. The molecule has 28 heavy (non-hydrogen) atoms. The molecule has 0 spiro atoms. The zero-order valence-electron chi connectivity index (χ0n) is 14.9. The number of nitrogens with zero attached hydrogens (tertiary/aromatic N) is 2. The number of carbonyl (C=O) groups is 2. The first-order valence-corrected chi connectivity index (χ1v) is 8.01. The molecule has 1 aromatic carbocycles. The summed E-state index contributed by atoms with van der Waals surface area (Å²) >= 11 is 5.94. The molecule has 0 atom stereocenters. The topological polar surface area (TPSA) is 118 Å². The van der Waals surface area contributed by atoms with E-state index < -0.39 is 18.1 Å². The Morgan fingerprint density at radius 1 is 1.21 bits per heavy atom. The van der Waals surface area contributed by atoms with Crippen molar-refractivity contribution in [2.75, 3.05) is 27.3 Å². The maximum Gasteiger partial charge on any atom is 0.493 e. The van der Waals surface area contributed by atoms with Gasteiger partial charge in [-0.25, -0.2) is 9.63 Å². The van der Waals surface area contributed by atoms with Crippen molar-refractivity contribution in [3.05, 3.63) is 28.8 Å². The number of nitrogens with two attached hydrogens (primary N) is 1. The fourth-order valence-electron chi connectivity index (χ4n) is 1.70. The van der Waals surface area contributed by atoms with Gasteiger partial charge in [0.2, 0.25) is 0 Å². The van der Waals surface area contributed by atoms with Crippen LogP contribution in [0.25, 0.3) is 0 Å². The van der Waals surface area contributed by atoms with Crippen molar-refractivity contribution in [1.29, 1.82) is 5.41 Å². The van der Waals surface area contributed by atoms with Crippen LogP contribution in [-0.2, 0) is 14.5 Å². The van der Waals surface area contributed by atoms with Gasteiger partial charge in [-0.3, -0.25) is 10.2 Å². The molecule has 0 radical (unpaired) electrons. The standard InChI is InChI=1S/C15H18ClF3N4O5/c1-22(2)12(24)9-6-10(16)8-11(7-9)26-4-3-5-27-23(14(20)21)28-13(25)15(17,18)19/h6-8H,3-5H2,1-2H3,(H3,20,21). The molecular formula is C15H18ClF3N4O5. The summed E-state index contributed by atoms with van der Waals surface area (Å²) < 4.78 is 41.9. The Hall–Kier alpha value is -2.73. The molecule has 0 aromatic heterocycles. The van der Waals surface area contributed by atoms with E-state index in [1.165, 1.54) is 23.1 Å². The molecule has 0 fully saturated rings. The van der Waals surface area contributed by atoms with Gasteiger partial charge in [0.15, 0.2) is 0 Å². The Morgan fingerprint density at radius 3 is 2.39 bits per heavy atom. The van der Waals surface area contributed by atoms with Crippen LogP contribution in [-0.4, -0.2) is 61.4 Å². The number of hydrogen-bond donors (Lipinski definition) is 2. The lowest BCUT2D eigenvalue weighted by Crippen LogP contribution is -2.42. The number of rotatable bonds is 7. The fourth-order valence-corrected chi connectivity index (χ4v) is 1.92. The molecule has 1 rings (SSSR count). The van der Waals surface area contributed by atoms with Crippen molar-refractivity contribution in [2.45, 2.75) is 12.6 Å². The number of hydroxylamine groups is 2. The first-order valence-electron chi connectivity index (χ1n) is 7.63. The molecule has 0 saturated carbocycles. The third kappa shape index (κ3) is 7.48. The van der Waals surface area contributed by atoms with Gasteiger partial charge >= 0.3 is 12.1 Å². The summed E-state index contributed by atoms with van der Waals surface area (Å²) in [5.41, 5.74) is 5.29. The lowest BCUT2D eigenvalue weighted by atomic mass is 10.2. The van der Waals surface area contributed by atoms with Crippen LogP contribution in [0.1, 0.15) is 16.8 Å². The van der Waals surface area contributed by atoms with Gasteiger partial charge in [-0.05, 0) is 23.4 Å². The van der Waals surface area contributed by atoms with Crippen molar-refractivity contribution in [2.24, 2.45) is 5.73 Å². The van der Waals surface area contributed by atoms with Gasteiger partial charge in [0.05, 0.1) is 13.2 Å². The normalized spacial score (nSPS) is 10.9. The molecule has 1 aromatic rings. The Kier molecular flexibility index (Phi) is 8.32. The quantitative estimate of drug-likeness (QED) is 0.296. The number of alkyl halides is 3. The smallest absolute Gasteiger partial charge is 0.493 e. The average Bonchev–Trinajstić information content (AvgIpc) is 2.57. The van der Waals surface area contributed by atoms with E-state index in [1.54, 1.807) is 14.1 Å². The molecule has 156 valence electrons. The number of amides is 1. The summed E-state index contributed by atoms with van der Waals surface area (Å²) in [6.45, 7) is -0.260. The van der Waals surface area contributed by atoms with Gasteiger partial charge in [-0.15, -0.1) is 0 Å². The number of ether oxygens (including phenoxy) is 1. The molecule has 0 unspecified atom stereocenters. The molecule has 13 heteroatoms. The van der Waals surface area contributed by atoms with Crippen LogP contribution >= 0.6 is 11.6 Å². The third-order valence-corrected chi connectivity index (χ3v) is 3.10. The van der Waals surface area contributed by atoms with Gasteiger partial charge in [-0.1, -0.05) is 11.6 Å². The second-order valence-electron chi connectivity index (χ2n) is 5.43. The molecule has 0 saturated heterocycles. The number of carbonyl (C=O) groups excluding carboxylic acids is 2. The van der Waals surface area contributed by atoms with E-state index in [2.05, 4.69) is 4.84 Å². The fraction of sp³-hybridized carbons (Fsp3) is 0.400. The molecule has 0 aliphatic carbocycles. The van der Waals surface area contributed by atoms with Gasteiger partial charge in [0.1, 0.15) is 5.75 Å². The number of halogens is 4. The van der Waals surface area contributed by atoms with Crippen LogP contribution in [0.4, 0.5) is 13.2 Å². The second kappa shape index (κ2) is 9.99. The van der Waals surface area contributed by atoms with Gasteiger partial charge in [0.25, 0.3) is 11.9 Å². The van der Waals surface area contributed by atoms with Gasteiger partial charge in [-0.2, -0.15) is 13.2 Å². The van der Waals surface area contributed by atoms with Gasteiger partial charge < -0.3 is 20.2 Å². The summed E-state index contributed by atoms with van der Waals surface area (Å²) in [7, 11) is 3.15. The van der Waals surface area contributed by atoms with Crippen molar-refractivity contribution in [3.8, 4) is 5.75 Å². The molecule has 0 aliphatic heterocycles. The van der Waals surface area contributed by atoms with Crippen LogP contribution in [0, 0.1) is 5.41 Å². The molecular weight excluding hydrogens is 409 g/mol. The summed E-state index contributed by atoms with van der Waals surface area (Å²) in [5.74, 6) is -3.62. The average molecular weight is 427 g/mol. The zero-order chi connectivity index (χ0) is 21.5. The summed E-state index contributed by atoms with van der Waals surface area (Å²) in [6, 6.07) is 4.42. The first-order chi connectivity index (χ1) is 12.9. The first kappa shape index (κ1) is 23.3. The minimum Gasteiger partial charge on any atom is -0.493 e. The lowest BCUT2D eigenvalue weighted by molar-refractivity contribution is -0.317. The highest BCUT2D eigenvalue weighted by Gasteiger charge is 2.43.